The third-order valence-corrected chi connectivity index (χ3v) is 4.73. The van der Waals surface area contributed by atoms with Crippen molar-refractivity contribution in [2.75, 3.05) is 20.4 Å². The number of hydrogen-bond donors (Lipinski definition) is 1. The van der Waals surface area contributed by atoms with Crippen LogP contribution in [0, 0.1) is 0 Å². The maximum Gasteiger partial charge on any atom is 0.364 e. The predicted octanol–water partition coefficient (Wildman–Crippen LogP) is 2.10. The largest absolute Gasteiger partial charge is 0.396 e. The highest BCUT2D eigenvalue weighted by Crippen LogP contribution is 2.13. The highest BCUT2D eigenvalue weighted by Gasteiger charge is 2.33. The summed E-state index contributed by atoms with van der Waals surface area (Å²) in [5.41, 5.74) is 0. The fourth-order valence-corrected chi connectivity index (χ4v) is 2.45. The first-order valence-electron chi connectivity index (χ1n) is 3.56. The Labute approximate surface area is 83.6 Å². The monoisotopic (exact) mass is 208 g/mol. The fraction of sp³-hybridized carbons (Fsp3) is 0.778. The lowest BCUT2D eigenvalue weighted by Gasteiger charge is -2.24. The van der Waals surface area contributed by atoms with Crippen LogP contribution in [0.25, 0.3) is 0 Å². The van der Waals surface area contributed by atoms with Crippen LogP contribution < -0.4 is 0 Å². The van der Waals surface area contributed by atoms with E-state index >= 15 is 0 Å². The average molecular weight is 208 g/mol. The summed E-state index contributed by atoms with van der Waals surface area (Å²) in [6.45, 7) is 3.60. The van der Waals surface area contributed by atoms with E-state index < -0.39 is 8.56 Å². The summed E-state index contributed by atoms with van der Waals surface area (Å²) < 4.78 is 10.3. The van der Waals surface area contributed by atoms with E-state index in [1.165, 1.54) is 0 Å². The Kier molecular flexibility index (Phi) is 14.2. The number of allylic oxidation sites excluding steroid dienone is 1. The van der Waals surface area contributed by atoms with Gasteiger partial charge in [-0.05, 0) is 12.5 Å². The van der Waals surface area contributed by atoms with Crippen molar-refractivity contribution in [3.8, 4) is 0 Å². The van der Waals surface area contributed by atoms with Gasteiger partial charge < -0.3 is 14.0 Å². The van der Waals surface area contributed by atoms with Crippen LogP contribution in [0.5, 0.6) is 0 Å². The van der Waals surface area contributed by atoms with Crippen molar-refractivity contribution in [2.24, 2.45) is 0 Å². The molecule has 0 aliphatic heterocycles. The molecule has 3 nitrogen and oxygen atoms in total. The molecular formula is C9H24O3Si. The molecule has 1 N–H and O–H groups in total. The number of aliphatic hydroxyl groups excluding tert-OH is 1. The molecule has 0 rings (SSSR count). The highest BCUT2D eigenvalue weighted by atomic mass is 28.4. The minimum Gasteiger partial charge on any atom is -0.396 e. The van der Waals surface area contributed by atoms with Crippen molar-refractivity contribution in [1.29, 1.82) is 0 Å². The Morgan fingerprint density at radius 3 is 2.00 bits per heavy atom. The van der Waals surface area contributed by atoms with Gasteiger partial charge in [0, 0.05) is 14.2 Å². The molecule has 0 aromatic heterocycles. The third kappa shape index (κ3) is 5.98. The van der Waals surface area contributed by atoms with Gasteiger partial charge in [-0.2, -0.15) is 0 Å². The van der Waals surface area contributed by atoms with Crippen LogP contribution >= 0.6 is 0 Å². The molecule has 82 valence electrons. The van der Waals surface area contributed by atoms with Crippen LogP contribution in [0.1, 0.15) is 21.3 Å². The van der Waals surface area contributed by atoms with Crippen molar-refractivity contribution in [2.45, 2.75) is 27.3 Å². The van der Waals surface area contributed by atoms with Gasteiger partial charge in [-0.3, -0.25) is 0 Å². The molecule has 0 saturated carbocycles. The molecule has 0 radical (unpaired) electrons. The Morgan fingerprint density at radius 2 is 1.77 bits per heavy atom. The van der Waals surface area contributed by atoms with Crippen molar-refractivity contribution in [3.63, 3.8) is 0 Å². The SMILES string of the molecule is C.C.C=CCC[Si](CO)(OC)OC. The van der Waals surface area contributed by atoms with Crippen LogP contribution in [-0.2, 0) is 8.85 Å². The van der Waals surface area contributed by atoms with Gasteiger partial charge in [0.15, 0.2) is 0 Å². The average Bonchev–Trinajstić information content (AvgIpc) is 2.08. The molecule has 0 aliphatic rings. The lowest BCUT2D eigenvalue weighted by Crippen LogP contribution is -2.44. The topological polar surface area (TPSA) is 38.7 Å². The van der Waals surface area contributed by atoms with Crippen LogP contribution in [0.4, 0.5) is 0 Å². The molecule has 0 bridgehead atoms. The summed E-state index contributed by atoms with van der Waals surface area (Å²) in [5.74, 6) is 0. The maximum atomic E-state index is 8.98. The van der Waals surface area contributed by atoms with Crippen molar-refractivity contribution in [3.05, 3.63) is 12.7 Å². The Balaban J connectivity index is -0.000000500. The molecule has 0 spiro atoms. The summed E-state index contributed by atoms with van der Waals surface area (Å²) in [6.07, 6.45) is 2.64. The molecule has 0 fully saturated rings. The molecule has 0 unspecified atom stereocenters. The quantitative estimate of drug-likeness (QED) is 0.536. The Morgan fingerprint density at radius 1 is 1.31 bits per heavy atom. The van der Waals surface area contributed by atoms with Gasteiger partial charge >= 0.3 is 8.56 Å². The lowest BCUT2D eigenvalue weighted by atomic mass is 10.5. The predicted molar refractivity (Wildman–Crippen MR) is 59.9 cm³/mol. The smallest absolute Gasteiger partial charge is 0.364 e. The molecule has 0 atom stereocenters. The van der Waals surface area contributed by atoms with E-state index in [9.17, 15) is 0 Å². The summed E-state index contributed by atoms with van der Waals surface area (Å²) in [4.78, 5) is 0. The minimum absolute atomic E-state index is 0. The van der Waals surface area contributed by atoms with E-state index in [0.29, 0.717) is 0 Å². The summed E-state index contributed by atoms with van der Waals surface area (Å²) in [7, 11) is 0.903. The lowest BCUT2D eigenvalue weighted by molar-refractivity contribution is 0.197. The fourth-order valence-electron chi connectivity index (χ4n) is 0.818. The van der Waals surface area contributed by atoms with Gasteiger partial charge in [0.25, 0.3) is 0 Å². The third-order valence-electron chi connectivity index (χ3n) is 1.71. The van der Waals surface area contributed by atoms with Gasteiger partial charge in [0.05, 0.1) is 6.23 Å². The Hall–Kier alpha value is -0.163. The first-order chi connectivity index (χ1) is 5.24. The second-order valence-corrected chi connectivity index (χ2v) is 5.76. The van der Waals surface area contributed by atoms with E-state index in [-0.39, 0.29) is 21.1 Å². The summed E-state index contributed by atoms with van der Waals surface area (Å²) in [6, 6.07) is 0.764. The molecule has 0 aromatic carbocycles. The molecule has 0 aromatic rings. The van der Waals surface area contributed by atoms with Gasteiger partial charge in [0.1, 0.15) is 0 Å². The molecule has 0 heterocycles. The van der Waals surface area contributed by atoms with Gasteiger partial charge in [-0.1, -0.05) is 20.9 Å². The van der Waals surface area contributed by atoms with Crippen molar-refractivity contribution in [1.82, 2.24) is 0 Å². The van der Waals surface area contributed by atoms with E-state index in [4.69, 9.17) is 14.0 Å². The molecule has 0 saturated heterocycles. The number of aliphatic hydroxyl groups is 1. The molecule has 13 heavy (non-hydrogen) atoms. The highest BCUT2D eigenvalue weighted by molar-refractivity contribution is 6.67. The minimum atomic E-state index is -2.25. The normalized spacial score (nSPS) is 9.77. The molecule has 0 amide bonds. The van der Waals surface area contributed by atoms with Gasteiger partial charge in [-0.25, -0.2) is 0 Å². The second-order valence-electron chi connectivity index (χ2n) is 2.30. The zero-order valence-corrected chi connectivity index (χ0v) is 8.17. The first-order valence-corrected chi connectivity index (χ1v) is 5.80. The maximum absolute atomic E-state index is 8.98. The van der Waals surface area contributed by atoms with E-state index in [1.807, 2.05) is 0 Å². The van der Waals surface area contributed by atoms with Crippen LogP contribution in [0.2, 0.25) is 6.04 Å². The van der Waals surface area contributed by atoms with Gasteiger partial charge in [-0.15, -0.1) is 6.58 Å². The summed E-state index contributed by atoms with van der Waals surface area (Å²) in [5, 5.41) is 8.98. The molecule has 4 heteroatoms. The van der Waals surface area contributed by atoms with E-state index in [0.717, 1.165) is 12.5 Å². The molecule has 0 aliphatic carbocycles. The van der Waals surface area contributed by atoms with Crippen LogP contribution in [0.15, 0.2) is 12.7 Å². The first kappa shape index (κ1) is 18.6. The standard InChI is InChI=1S/C7H16O3Si.2CH4/c1-4-5-6-11(7-8,9-2)10-3;;/h4,8H,1,5-7H2,2-3H3;2*1H4. The van der Waals surface area contributed by atoms with Crippen LogP contribution in [-0.4, -0.2) is 34.1 Å². The molecular weight excluding hydrogens is 184 g/mol. The zero-order chi connectivity index (χ0) is 8.74. The number of rotatable bonds is 6. The van der Waals surface area contributed by atoms with Gasteiger partial charge in [0.2, 0.25) is 0 Å². The zero-order valence-electron chi connectivity index (χ0n) is 7.17. The number of hydrogen-bond acceptors (Lipinski definition) is 3. The van der Waals surface area contributed by atoms with Crippen molar-refractivity contribution < 1.29 is 14.0 Å². The van der Waals surface area contributed by atoms with Crippen molar-refractivity contribution >= 4 is 8.56 Å². The van der Waals surface area contributed by atoms with E-state index in [2.05, 4.69) is 6.58 Å². The van der Waals surface area contributed by atoms with E-state index in [1.54, 1.807) is 20.3 Å². The summed E-state index contributed by atoms with van der Waals surface area (Å²) >= 11 is 0. The van der Waals surface area contributed by atoms with Crippen LogP contribution in [0.3, 0.4) is 0 Å². The second kappa shape index (κ2) is 9.92. The Bertz CT molecular complexity index is 105.